The van der Waals surface area contributed by atoms with Crippen LogP contribution in [0.15, 0.2) is 36.4 Å². The maximum atomic E-state index is 12.2. The van der Waals surface area contributed by atoms with Crippen molar-refractivity contribution in [1.82, 2.24) is 0 Å². The van der Waals surface area contributed by atoms with Gasteiger partial charge in [-0.25, -0.2) is 4.79 Å². The van der Waals surface area contributed by atoms with Gasteiger partial charge in [0.15, 0.2) is 0 Å². The molecule has 0 aliphatic heterocycles. The fourth-order valence-electron chi connectivity index (χ4n) is 2.95. The molecule has 0 radical (unpaired) electrons. The van der Waals surface area contributed by atoms with Gasteiger partial charge in [0.25, 0.3) is 5.91 Å². The summed E-state index contributed by atoms with van der Waals surface area (Å²) in [6.45, 7) is 2.66. The highest BCUT2D eigenvalue weighted by Crippen LogP contribution is 2.23. The van der Waals surface area contributed by atoms with Crippen LogP contribution >= 0.6 is 24.8 Å². The Hall–Kier alpha value is -3.50. The Bertz CT molecular complexity index is 1050. The van der Waals surface area contributed by atoms with Gasteiger partial charge in [-0.1, -0.05) is 0 Å². The third-order valence-electron chi connectivity index (χ3n) is 4.65. The number of unbranched alkanes of at least 4 members (excludes halogenated alkanes) is 2. The van der Waals surface area contributed by atoms with E-state index in [1.807, 2.05) is 0 Å². The lowest BCUT2D eigenvalue weighted by Gasteiger charge is -2.13. The first-order valence-electron chi connectivity index (χ1n) is 10.4. The topological polar surface area (TPSA) is 188 Å². The van der Waals surface area contributed by atoms with Crippen molar-refractivity contribution in [2.75, 3.05) is 19.8 Å². The molecule has 12 heteroatoms. The van der Waals surface area contributed by atoms with Crippen LogP contribution in [-0.4, -0.2) is 43.4 Å². The van der Waals surface area contributed by atoms with Gasteiger partial charge >= 0.3 is 5.97 Å². The van der Waals surface area contributed by atoms with Crippen molar-refractivity contribution in [3.63, 3.8) is 0 Å². The zero-order valence-corrected chi connectivity index (χ0v) is 20.9. The number of benzene rings is 2. The van der Waals surface area contributed by atoms with E-state index in [4.69, 9.17) is 42.2 Å². The largest absolute Gasteiger partial charge is 0.493 e. The van der Waals surface area contributed by atoms with Gasteiger partial charge in [-0.15, -0.1) is 24.8 Å². The second kappa shape index (κ2) is 15.4. The molecule has 2 aromatic carbocycles. The van der Waals surface area contributed by atoms with Crippen molar-refractivity contribution in [3.8, 4) is 11.5 Å². The van der Waals surface area contributed by atoms with Gasteiger partial charge in [-0.2, -0.15) is 0 Å². The number of carbonyl (C=O) groups excluding carboxylic acids is 2. The lowest BCUT2D eigenvalue weighted by molar-refractivity contribution is 0.0521. The SMILES string of the molecule is CCOC(=O)c1cc(C(=N)N)ccc1OCCCCCOc1ccc(C(=N)N)cc1C(N)=O.Cl.Cl. The van der Waals surface area contributed by atoms with Gasteiger partial charge in [0.05, 0.1) is 25.4 Å². The monoisotopic (exact) mass is 527 g/mol. The van der Waals surface area contributed by atoms with Crippen molar-refractivity contribution in [1.29, 1.82) is 10.8 Å². The normalized spacial score (nSPS) is 9.74. The molecule has 0 aromatic heterocycles. The molecule has 0 fully saturated rings. The maximum absolute atomic E-state index is 12.2. The number of amidine groups is 2. The summed E-state index contributed by atoms with van der Waals surface area (Å²) in [7, 11) is 0. The summed E-state index contributed by atoms with van der Waals surface area (Å²) in [6.07, 6.45) is 2.17. The standard InChI is InChI=1S/C23H29N5O5.2ClH/c1-2-31-23(30)17-13-15(21(26)27)7-9-19(17)33-11-5-3-4-10-32-18-8-6-14(20(24)25)12-16(18)22(28)29;;/h6-9,12-13H,2-5,10-11H2,1H3,(H3,24,25)(H3,26,27)(H2,28,29);2*1H. The van der Waals surface area contributed by atoms with Gasteiger partial charge in [0.1, 0.15) is 28.7 Å². The van der Waals surface area contributed by atoms with E-state index in [-0.39, 0.29) is 54.2 Å². The number of primary amides is 1. The molecule has 0 aliphatic carbocycles. The van der Waals surface area contributed by atoms with Crippen LogP contribution in [0.1, 0.15) is 58.0 Å². The zero-order valence-electron chi connectivity index (χ0n) is 19.3. The molecule has 0 unspecified atom stereocenters. The van der Waals surface area contributed by atoms with Gasteiger partial charge in [-0.05, 0) is 62.6 Å². The van der Waals surface area contributed by atoms with Crippen LogP contribution in [-0.2, 0) is 4.74 Å². The summed E-state index contributed by atoms with van der Waals surface area (Å²) in [5.41, 5.74) is 17.5. The van der Waals surface area contributed by atoms with E-state index in [1.54, 1.807) is 31.2 Å². The van der Waals surface area contributed by atoms with Gasteiger partial charge in [0.2, 0.25) is 0 Å². The summed E-state index contributed by atoms with van der Waals surface area (Å²) in [5.74, 6) is -0.798. The molecule has 0 saturated carbocycles. The lowest BCUT2D eigenvalue weighted by atomic mass is 10.1. The Balaban J connectivity index is 0.00000578. The number of ether oxygens (including phenoxy) is 3. The van der Waals surface area contributed by atoms with Crippen molar-refractivity contribution in [2.24, 2.45) is 17.2 Å². The first-order valence-corrected chi connectivity index (χ1v) is 10.4. The average Bonchev–Trinajstić information content (AvgIpc) is 2.78. The van der Waals surface area contributed by atoms with E-state index < -0.39 is 11.9 Å². The fourth-order valence-corrected chi connectivity index (χ4v) is 2.95. The van der Waals surface area contributed by atoms with E-state index in [1.165, 1.54) is 12.1 Å². The predicted molar refractivity (Wildman–Crippen MR) is 139 cm³/mol. The minimum Gasteiger partial charge on any atom is -0.493 e. The summed E-state index contributed by atoms with van der Waals surface area (Å²) < 4.78 is 16.5. The number of nitrogens with two attached hydrogens (primary N) is 3. The highest BCUT2D eigenvalue weighted by molar-refractivity contribution is 6.01. The molecule has 0 aliphatic rings. The summed E-state index contributed by atoms with van der Waals surface area (Å²) in [5, 5.41) is 15.0. The quantitative estimate of drug-likeness (QED) is 0.114. The third kappa shape index (κ3) is 9.34. The van der Waals surface area contributed by atoms with E-state index in [0.29, 0.717) is 48.7 Å². The molecular formula is C23H31Cl2N5O5. The van der Waals surface area contributed by atoms with Gasteiger partial charge < -0.3 is 31.4 Å². The molecule has 35 heavy (non-hydrogen) atoms. The smallest absolute Gasteiger partial charge is 0.341 e. The van der Waals surface area contributed by atoms with Crippen LogP contribution in [0.25, 0.3) is 0 Å². The molecule has 8 N–H and O–H groups in total. The number of carbonyl (C=O) groups is 2. The Kier molecular flexibility index (Phi) is 13.9. The number of hydrogen-bond donors (Lipinski definition) is 5. The predicted octanol–water partition coefficient (Wildman–Crippen LogP) is 3.00. The average molecular weight is 528 g/mol. The van der Waals surface area contributed by atoms with E-state index >= 15 is 0 Å². The molecule has 0 heterocycles. The molecule has 1 amide bonds. The number of hydrogen-bond acceptors (Lipinski definition) is 7. The van der Waals surface area contributed by atoms with Crippen molar-refractivity contribution in [3.05, 3.63) is 58.7 Å². The van der Waals surface area contributed by atoms with E-state index in [2.05, 4.69) is 0 Å². The van der Waals surface area contributed by atoms with Crippen molar-refractivity contribution >= 4 is 48.4 Å². The molecule has 0 saturated heterocycles. The molecule has 0 bridgehead atoms. The van der Waals surface area contributed by atoms with E-state index in [0.717, 1.165) is 6.42 Å². The first kappa shape index (κ1) is 31.5. The first-order chi connectivity index (χ1) is 15.7. The number of nitrogen functional groups attached to an aromatic ring is 2. The minimum atomic E-state index is -0.658. The summed E-state index contributed by atoms with van der Waals surface area (Å²) >= 11 is 0. The van der Waals surface area contributed by atoms with Gasteiger partial charge in [0, 0.05) is 11.1 Å². The summed E-state index contributed by atoms with van der Waals surface area (Å²) in [6, 6.07) is 9.30. The molecule has 0 spiro atoms. The van der Waals surface area contributed by atoms with Crippen LogP contribution in [0.4, 0.5) is 0 Å². The third-order valence-corrected chi connectivity index (χ3v) is 4.65. The Labute approximate surface area is 216 Å². The Morgan fingerprint density at radius 3 is 1.66 bits per heavy atom. The lowest BCUT2D eigenvalue weighted by Crippen LogP contribution is -2.17. The van der Waals surface area contributed by atoms with Crippen LogP contribution in [0.5, 0.6) is 11.5 Å². The molecule has 192 valence electrons. The van der Waals surface area contributed by atoms with Crippen LogP contribution in [0.3, 0.4) is 0 Å². The number of esters is 1. The molecule has 10 nitrogen and oxygen atoms in total. The summed E-state index contributed by atoms with van der Waals surface area (Å²) in [4.78, 5) is 23.8. The highest BCUT2D eigenvalue weighted by Gasteiger charge is 2.16. The zero-order chi connectivity index (χ0) is 24.4. The molecule has 0 atom stereocenters. The van der Waals surface area contributed by atoms with Crippen molar-refractivity contribution in [2.45, 2.75) is 26.2 Å². The highest BCUT2D eigenvalue weighted by atomic mass is 35.5. The Morgan fingerprint density at radius 1 is 0.771 bits per heavy atom. The molecular weight excluding hydrogens is 497 g/mol. The number of amides is 1. The number of halogens is 2. The number of nitrogens with one attached hydrogen (secondary N) is 2. The Morgan fingerprint density at radius 2 is 1.23 bits per heavy atom. The number of rotatable bonds is 13. The van der Waals surface area contributed by atoms with Crippen LogP contribution in [0, 0.1) is 10.8 Å². The van der Waals surface area contributed by atoms with Crippen LogP contribution in [0.2, 0.25) is 0 Å². The fraction of sp³-hybridized carbons (Fsp3) is 0.304. The van der Waals surface area contributed by atoms with Crippen molar-refractivity contribution < 1.29 is 23.8 Å². The second-order valence-corrected chi connectivity index (χ2v) is 7.09. The van der Waals surface area contributed by atoms with Crippen LogP contribution < -0.4 is 26.7 Å². The second-order valence-electron chi connectivity index (χ2n) is 7.09. The molecule has 2 rings (SSSR count). The molecule has 2 aromatic rings. The van der Waals surface area contributed by atoms with Gasteiger partial charge in [-0.3, -0.25) is 15.6 Å². The minimum absolute atomic E-state index is 0. The van der Waals surface area contributed by atoms with E-state index in [9.17, 15) is 9.59 Å². The maximum Gasteiger partial charge on any atom is 0.341 e.